The summed E-state index contributed by atoms with van der Waals surface area (Å²) in [5.41, 5.74) is -0.0876. The second kappa shape index (κ2) is 8.52. The molecule has 0 spiro atoms. The van der Waals surface area contributed by atoms with Crippen molar-refractivity contribution in [2.24, 2.45) is 0 Å². The molecule has 1 unspecified atom stereocenters. The number of amides is 2. The lowest BCUT2D eigenvalue weighted by Gasteiger charge is -2.33. The van der Waals surface area contributed by atoms with Crippen molar-refractivity contribution < 1.29 is 18.4 Å². The molecule has 2 heterocycles. The van der Waals surface area contributed by atoms with E-state index in [9.17, 15) is 14.0 Å². The lowest BCUT2D eigenvalue weighted by Crippen LogP contribution is -2.50. The third kappa shape index (κ3) is 4.68. The summed E-state index contributed by atoms with van der Waals surface area (Å²) in [6.45, 7) is 5.73. The van der Waals surface area contributed by atoms with E-state index in [2.05, 4.69) is 14.9 Å². The first-order chi connectivity index (χ1) is 13.8. The highest BCUT2D eigenvalue weighted by Gasteiger charge is 2.37. The van der Waals surface area contributed by atoms with Gasteiger partial charge in [-0.1, -0.05) is 11.4 Å². The highest BCUT2D eigenvalue weighted by molar-refractivity contribution is 7.03. The average Bonchev–Trinajstić information content (AvgIpc) is 3.40. The Morgan fingerprint density at radius 1 is 1.28 bits per heavy atom. The van der Waals surface area contributed by atoms with Gasteiger partial charge in [-0.2, -0.15) is 0 Å². The van der Waals surface area contributed by atoms with Gasteiger partial charge in [0.15, 0.2) is 11.7 Å². The number of halogens is 1. The van der Waals surface area contributed by atoms with Gasteiger partial charge < -0.3 is 9.73 Å². The Balaban J connectivity index is 2.10. The Morgan fingerprint density at radius 3 is 2.55 bits per heavy atom. The van der Waals surface area contributed by atoms with Crippen LogP contribution in [-0.2, 0) is 4.79 Å². The summed E-state index contributed by atoms with van der Waals surface area (Å²) < 4.78 is 22.7. The molecule has 7 nitrogen and oxygen atoms in total. The van der Waals surface area contributed by atoms with Gasteiger partial charge in [-0.15, -0.1) is 5.10 Å². The number of carbonyl (C=O) groups excluding carboxylic acids is 2. The number of hydrogen-bond donors (Lipinski definition) is 1. The van der Waals surface area contributed by atoms with Crippen LogP contribution in [0, 0.1) is 5.82 Å². The van der Waals surface area contributed by atoms with E-state index >= 15 is 0 Å². The number of rotatable bonds is 7. The molecule has 0 bridgehead atoms. The summed E-state index contributed by atoms with van der Waals surface area (Å²) in [7, 11) is 0. The van der Waals surface area contributed by atoms with Gasteiger partial charge >= 0.3 is 0 Å². The summed E-state index contributed by atoms with van der Waals surface area (Å²) in [5.74, 6) is -1.15. The van der Waals surface area contributed by atoms with Crippen LogP contribution in [-0.4, -0.2) is 26.9 Å². The van der Waals surface area contributed by atoms with E-state index in [1.165, 1.54) is 40.8 Å². The lowest BCUT2D eigenvalue weighted by molar-refractivity contribution is -0.124. The standard InChI is InChI=1S/C20H21FN4O3S/c1-4-20(2,3)22-18(26)17(16-6-5-11-28-16)25(14-9-7-13(21)8-10-14)19(27)15-12-29-24-23-15/h5-12,17H,4H2,1-3H3,(H,22,26). The van der Waals surface area contributed by atoms with Gasteiger partial charge in [0.25, 0.3) is 11.8 Å². The Labute approximate surface area is 171 Å². The smallest absolute Gasteiger partial charge is 0.280 e. The number of benzene rings is 1. The molecule has 0 aliphatic rings. The van der Waals surface area contributed by atoms with Crippen LogP contribution in [0.4, 0.5) is 10.1 Å². The minimum absolute atomic E-state index is 0.0819. The molecule has 29 heavy (non-hydrogen) atoms. The molecule has 0 radical (unpaired) electrons. The summed E-state index contributed by atoms with van der Waals surface area (Å²) in [4.78, 5) is 27.8. The van der Waals surface area contributed by atoms with Crippen LogP contribution in [0.3, 0.4) is 0 Å². The van der Waals surface area contributed by atoms with Crippen LogP contribution >= 0.6 is 11.5 Å². The Bertz CT molecular complexity index is 956. The molecule has 152 valence electrons. The maximum absolute atomic E-state index is 13.5. The second-order valence-electron chi connectivity index (χ2n) is 7.09. The topological polar surface area (TPSA) is 88.3 Å². The molecule has 3 rings (SSSR count). The van der Waals surface area contributed by atoms with Crippen LogP contribution in [0.1, 0.15) is 49.5 Å². The number of nitrogens with zero attached hydrogens (tertiary/aromatic N) is 3. The van der Waals surface area contributed by atoms with Crippen molar-refractivity contribution in [2.45, 2.75) is 38.8 Å². The summed E-state index contributed by atoms with van der Waals surface area (Å²) in [5, 5.41) is 8.28. The molecule has 1 N–H and O–H groups in total. The van der Waals surface area contributed by atoms with Crippen LogP contribution < -0.4 is 10.2 Å². The minimum atomic E-state index is -1.12. The van der Waals surface area contributed by atoms with E-state index in [-0.39, 0.29) is 11.5 Å². The summed E-state index contributed by atoms with van der Waals surface area (Å²) >= 11 is 1.02. The number of anilines is 1. The predicted molar refractivity (Wildman–Crippen MR) is 107 cm³/mol. The van der Waals surface area contributed by atoms with Gasteiger partial charge in [0.1, 0.15) is 11.6 Å². The fourth-order valence-electron chi connectivity index (χ4n) is 2.68. The van der Waals surface area contributed by atoms with Crippen molar-refractivity contribution >= 4 is 29.0 Å². The van der Waals surface area contributed by atoms with Gasteiger partial charge in [-0.05, 0) is 68.2 Å². The molecule has 0 saturated heterocycles. The van der Waals surface area contributed by atoms with Gasteiger partial charge in [-0.25, -0.2) is 4.39 Å². The third-order valence-electron chi connectivity index (χ3n) is 4.57. The van der Waals surface area contributed by atoms with Gasteiger partial charge in [0, 0.05) is 16.6 Å². The highest BCUT2D eigenvalue weighted by Crippen LogP contribution is 2.31. The van der Waals surface area contributed by atoms with Crippen molar-refractivity contribution in [3.63, 3.8) is 0 Å². The minimum Gasteiger partial charge on any atom is -0.467 e. The molecular weight excluding hydrogens is 395 g/mol. The first-order valence-corrected chi connectivity index (χ1v) is 9.87. The van der Waals surface area contributed by atoms with Gasteiger partial charge in [0.2, 0.25) is 0 Å². The molecular formula is C20H21FN4O3S. The maximum Gasteiger partial charge on any atom is 0.280 e. The Kier molecular flexibility index (Phi) is 6.07. The quantitative estimate of drug-likeness (QED) is 0.630. The average molecular weight is 416 g/mol. The first kappa shape index (κ1) is 20.7. The molecule has 9 heteroatoms. The van der Waals surface area contributed by atoms with E-state index < -0.39 is 29.2 Å². The largest absolute Gasteiger partial charge is 0.467 e. The second-order valence-corrected chi connectivity index (χ2v) is 7.70. The van der Waals surface area contributed by atoms with Crippen LogP contribution in [0.15, 0.2) is 52.5 Å². The number of carbonyl (C=O) groups is 2. The predicted octanol–water partition coefficient (Wildman–Crippen LogP) is 3.96. The zero-order chi connectivity index (χ0) is 21.0. The highest BCUT2D eigenvalue weighted by atomic mass is 32.1. The van der Waals surface area contributed by atoms with Crippen molar-refractivity contribution in [3.05, 3.63) is 65.3 Å². The van der Waals surface area contributed by atoms with Crippen LogP contribution in [0.5, 0.6) is 0 Å². The third-order valence-corrected chi connectivity index (χ3v) is 5.07. The monoisotopic (exact) mass is 416 g/mol. The molecule has 2 aromatic heterocycles. The van der Waals surface area contributed by atoms with Crippen LogP contribution in [0.2, 0.25) is 0 Å². The van der Waals surface area contributed by atoms with Crippen molar-refractivity contribution in [3.8, 4) is 0 Å². The molecule has 1 aromatic carbocycles. The van der Waals surface area contributed by atoms with Crippen molar-refractivity contribution in [2.75, 3.05) is 4.90 Å². The summed E-state index contributed by atoms with van der Waals surface area (Å²) in [6.07, 6.45) is 2.11. The Morgan fingerprint density at radius 2 is 2.00 bits per heavy atom. The van der Waals surface area contributed by atoms with E-state index in [0.717, 1.165) is 11.5 Å². The normalized spacial score (nSPS) is 12.4. The van der Waals surface area contributed by atoms with E-state index in [0.29, 0.717) is 12.1 Å². The van der Waals surface area contributed by atoms with Crippen LogP contribution in [0.25, 0.3) is 0 Å². The zero-order valence-corrected chi connectivity index (χ0v) is 17.1. The maximum atomic E-state index is 13.5. The molecule has 3 aromatic rings. The molecule has 0 aliphatic heterocycles. The van der Waals surface area contributed by atoms with Gasteiger partial charge in [0.05, 0.1) is 6.26 Å². The lowest BCUT2D eigenvalue weighted by atomic mass is 10.0. The molecule has 1 atom stereocenters. The SMILES string of the molecule is CCC(C)(C)NC(=O)C(c1ccco1)N(C(=O)c1csnn1)c1ccc(F)cc1. The number of furan rings is 1. The Hall–Kier alpha value is -3.07. The fourth-order valence-corrected chi connectivity index (χ4v) is 3.11. The van der Waals surface area contributed by atoms with Crippen molar-refractivity contribution in [1.82, 2.24) is 14.9 Å². The van der Waals surface area contributed by atoms with Crippen molar-refractivity contribution in [1.29, 1.82) is 0 Å². The van der Waals surface area contributed by atoms with Gasteiger partial charge in [-0.3, -0.25) is 14.5 Å². The molecule has 0 aliphatic carbocycles. The van der Waals surface area contributed by atoms with E-state index in [4.69, 9.17) is 4.42 Å². The zero-order valence-electron chi connectivity index (χ0n) is 16.3. The fraction of sp³-hybridized carbons (Fsp3) is 0.300. The molecule has 0 fully saturated rings. The first-order valence-electron chi connectivity index (χ1n) is 9.04. The van der Waals surface area contributed by atoms with E-state index in [1.54, 1.807) is 12.1 Å². The summed E-state index contributed by atoms with van der Waals surface area (Å²) in [6, 6.07) is 7.45. The van der Waals surface area contributed by atoms with E-state index in [1.807, 2.05) is 20.8 Å². The number of hydrogen-bond acceptors (Lipinski definition) is 6. The number of aromatic nitrogens is 2. The molecule has 2 amide bonds. The number of nitrogens with one attached hydrogen (secondary N) is 1. The molecule has 0 saturated carbocycles.